The molecule has 55 heavy (non-hydrogen) atoms. The number of esters is 1. The molecule has 0 aromatic rings. The number of nitrogens with zero attached hydrogens (tertiary/aromatic N) is 1. The van der Waals surface area contributed by atoms with Crippen molar-refractivity contribution in [1.82, 2.24) is 0 Å². The predicted molar refractivity (Wildman–Crippen MR) is 214 cm³/mol. The standard InChI is InChI=1S/C46H78NO7P/c1-47(2,3)24-26-53-55(49,50)54-30-33(29-52-42(48)15-11-8-10-14-32-17-19-39-41(28-32)46-37-23-21-35(37)44(39)46)51-25-12-7-5-4-6-9-13-31-16-18-38-40(27-31)45-36-22-20-34(36)43(38)45/h31-41,43-46H,4-30H2,1-3H3/t31?,32?,33-,34?,35?,36?,37?,38?,39?,40?,41?,43?,44?,45?,46?/m1/s1. The lowest BCUT2D eigenvalue weighted by Gasteiger charge is -2.74. The molecule has 0 aromatic heterocycles. The van der Waals surface area contributed by atoms with E-state index in [2.05, 4.69) is 0 Å². The molecule has 0 aromatic carbocycles. The largest absolute Gasteiger partial charge is 0.756 e. The van der Waals surface area contributed by atoms with E-state index >= 15 is 0 Å². The molecule has 0 saturated heterocycles. The molecule has 8 aliphatic rings. The van der Waals surface area contributed by atoms with E-state index in [1.165, 1.54) is 89.9 Å². The molecule has 16 atom stereocenters. The van der Waals surface area contributed by atoms with Gasteiger partial charge in [0.25, 0.3) is 7.82 Å². The molecule has 314 valence electrons. The van der Waals surface area contributed by atoms with E-state index in [1.54, 1.807) is 19.3 Å². The molecule has 0 heterocycles. The van der Waals surface area contributed by atoms with Gasteiger partial charge in [0, 0.05) is 13.0 Å². The van der Waals surface area contributed by atoms with Crippen LogP contribution in [0.3, 0.4) is 0 Å². The Balaban J connectivity index is 0.668. The highest BCUT2D eigenvalue weighted by molar-refractivity contribution is 7.45. The smallest absolute Gasteiger partial charge is 0.305 e. The van der Waals surface area contributed by atoms with Gasteiger partial charge in [0.15, 0.2) is 0 Å². The summed E-state index contributed by atoms with van der Waals surface area (Å²) in [6.45, 7) is 0.877. The van der Waals surface area contributed by atoms with Crippen molar-refractivity contribution in [2.75, 3.05) is 54.1 Å². The summed E-state index contributed by atoms with van der Waals surface area (Å²) in [5, 5.41) is 0. The fraction of sp³-hybridized carbons (Fsp3) is 0.978. The molecular formula is C46H78NO7P. The van der Waals surface area contributed by atoms with Crippen molar-refractivity contribution in [3.8, 4) is 0 Å². The van der Waals surface area contributed by atoms with Crippen molar-refractivity contribution in [3.05, 3.63) is 0 Å². The third kappa shape index (κ3) is 9.46. The average molecular weight is 788 g/mol. The number of ether oxygens (including phenoxy) is 2. The number of phosphoric acid groups is 1. The number of carbonyl (C=O) groups excluding carboxylic acids is 1. The van der Waals surface area contributed by atoms with Gasteiger partial charge in [-0.25, -0.2) is 0 Å². The Morgan fingerprint density at radius 3 is 1.62 bits per heavy atom. The van der Waals surface area contributed by atoms with Gasteiger partial charge in [0.05, 0.1) is 27.7 Å². The average Bonchev–Trinajstić information content (AvgIpc) is 3.12. The molecule has 8 aliphatic carbocycles. The minimum Gasteiger partial charge on any atom is -0.756 e. The number of likely N-dealkylation sites (N-methyl/N-ethyl adjacent to an activating group) is 1. The van der Waals surface area contributed by atoms with Crippen LogP contribution in [0.2, 0.25) is 0 Å². The van der Waals surface area contributed by atoms with E-state index in [4.69, 9.17) is 18.5 Å². The lowest BCUT2D eigenvalue weighted by molar-refractivity contribution is -0.870. The molecule has 0 bridgehead atoms. The number of unbranched alkanes of at least 4 members (excludes halogenated alkanes) is 7. The highest BCUT2D eigenvalue weighted by Crippen LogP contribution is 2.75. The van der Waals surface area contributed by atoms with Crippen LogP contribution >= 0.6 is 7.82 Å². The van der Waals surface area contributed by atoms with Gasteiger partial charge < -0.3 is 27.9 Å². The minimum atomic E-state index is -4.49. The molecule has 15 unspecified atom stereocenters. The van der Waals surface area contributed by atoms with Gasteiger partial charge in [-0.1, -0.05) is 70.6 Å². The summed E-state index contributed by atoms with van der Waals surface area (Å²) in [5.74, 6) is 15.1. The molecule has 0 N–H and O–H groups in total. The Labute approximate surface area is 334 Å². The van der Waals surface area contributed by atoms with Crippen LogP contribution in [0, 0.1) is 82.9 Å². The minimum absolute atomic E-state index is 0.00222. The number of hydrogen-bond donors (Lipinski definition) is 0. The second-order valence-electron chi connectivity index (χ2n) is 21.4. The number of hydrogen-bond acceptors (Lipinski definition) is 7. The number of phosphoric ester groups is 1. The lowest BCUT2D eigenvalue weighted by Crippen LogP contribution is -2.69. The van der Waals surface area contributed by atoms with Gasteiger partial charge in [0.1, 0.15) is 25.9 Å². The summed E-state index contributed by atoms with van der Waals surface area (Å²) >= 11 is 0. The van der Waals surface area contributed by atoms with Crippen LogP contribution in [0.5, 0.6) is 0 Å². The third-order valence-corrected chi connectivity index (χ3v) is 18.4. The first-order valence-corrected chi connectivity index (χ1v) is 25.2. The van der Waals surface area contributed by atoms with Gasteiger partial charge in [-0.3, -0.25) is 9.36 Å². The van der Waals surface area contributed by atoms with Crippen molar-refractivity contribution >= 4 is 13.8 Å². The Hall–Kier alpha value is -0.500. The van der Waals surface area contributed by atoms with Crippen molar-refractivity contribution in [2.24, 2.45) is 82.9 Å². The first-order valence-electron chi connectivity index (χ1n) is 23.7. The molecule has 0 radical (unpaired) electrons. The quantitative estimate of drug-likeness (QED) is 0.0394. The monoisotopic (exact) mass is 788 g/mol. The SMILES string of the molecule is C[N+](C)(C)CCOP(=O)([O-])OC[C@@H](COC(=O)CCCCCC1CCC2C(C1)C1C3CCC3C21)OCCCCCCCCC1CCC2C(C1)C1C3CCC3C21. The van der Waals surface area contributed by atoms with Crippen molar-refractivity contribution in [2.45, 2.75) is 147 Å². The number of rotatable bonds is 25. The van der Waals surface area contributed by atoms with E-state index in [-0.39, 0.29) is 25.8 Å². The fourth-order valence-corrected chi connectivity index (χ4v) is 15.1. The summed E-state index contributed by atoms with van der Waals surface area (Å²) in [7, 11) is 1.45. The molecule has 0 amide bonds. The van der Waals surface area contributed by atoms with E-state index in [1.807, 2.05) is 21.1 Å². The van der Waals surface area contributed by atoms with Crippen LogP contribution in [0.15, 0.2) is 0 Å². The highest BCUT2D eigenvalue weighted by Gasteiger charge is 2.69. The zero-order chi connectivity index (χ0) is 38.2. The topological polar surface area (TPSA) is 94.1 Å². The fourth-order valence-electron chi connectivity index (χ4n) is 14.4. The van der Waals surface area contributed by atoms with Crippen molar-refractivity contribution in [3.63, 3.8) is 0 Å². The van der Waals surface area contributed by atoms with Gasteiger partial charge in [-0.2, -0.15) is 0 Å². The predicted octanol–water partition coefficient (Wildman–Crippen LogP) is 9.44. The first kappa shape index (κ1) is 41.2. The summed E-state index contributed by atoms with van der Waals surface area (Å²) in [5.41, 5.74) is 0. The Morgan fingerprint density at radius 2 is 1.07 bits per heavy atom. The van der Waals surface area contributed by atoms with Crippen molar-refractivity contribution in [1.29, 1.82) is 0 Å². The highest BCUT2D eigenvalue weighted by atomic mass is 31.2. The molecule has 8 rings (SSSR count). The molecule has 8 fully saturated rings. The summed E-state index contributed by atoms with van der Waals surface area (Å²) in [6, 6.07) is 0. The molecule has 0 spiro atoms. The second-order valence-corrected chi connectivity index (χ2v) is 22.8. The van der Waals surface area contributed by atoms with Gasteiger partial charge >= 0.3 is 5.97 Å². The van der Waals surface area contributed by atoms with E-state index in [0.29, 0.717) is 24.1 Å². The van der Waals surface area contributed by atoms with Crippen LogP contribution in [-0.4, -0.2) is 70.7 Å². The maximum Gasteiger partial charge on any atom is 0.305 e. The molecule has 0 aliphatic heterocycles. The Bertz CT molecular complexity index is 1310. The zero-order valence-corrected chi connectivity index (χ0v) is 35.9. The van der Waals surface area contributed by atoms with E-state index < -0.39 is 13.9 Å². The van der Waals surface area contributed by atoms with Gasteiger partial charge in [0.2, 0.25) is 0 Å². The van der Waals surface area contributed by atoms with Crippen LogP contribution in [-0.2, 0) is 27.9 Å². The maximum absolute atomic E-state index is 12.7. The third-order valence-electron chi connectivity index (χ3n) is 17.5. The Kier molecular flexibility index (Phi) is 13.5. The molecule has 8 saturated carbocycles. The molecule has 9 heteroatoms. The van der Waals surface area contributed by atoms with Crippen molar-refractivity contribution < 1.29 is 37.3 Å². The number of carbonyl (C=O) groups is 1. The normalized spacial score (nSPS) is 40.6. The lowest BCUT2D eigenvalue weighted by atomic mass is 9.30. The summed E-state index contributed by atoms with van der Waals surface area (Å²) < 4.78 is 35.1. The van der Waals surface area contributed by atoms with Crippen LogP contribution in [0.25, 0.3) is 0 Å². The second kappa shape index (κ2) is 18.0. The number of quaternary nitrogens is 1. The van der Waals surface area contributed by atoms with E-state index in [0.717, 1.165) is 109 Å². The van der Waals surface area contributed by atoms with E-state index in [9.17, 15) is 14.3 Å². The molecule has 8 nitrogen and oxygen atoms in total. The van der Waals surface area contributed by atoms with Crippen LogP contribution in [0.1, 0.15) is 141 Å². The van der Waals surface area contributed by atoms with Gasteiger partial charge in [-0.15, -0.1) is 0 Å². The maximum atomic E-state index is 12.7. The first-order chi connectivity index (χ1) is 26.6. The number of fused-ring (bicyclic) bond motifs is 14. The van der Waals surface area contributed by atoms with Gasteiger partial charge in [-0.05, 0) is 147 Å². The Morgan fingerprint density at radius 1 is 0.600 bits per heavy atom. The molecular weight excluding hydrogens is 709 g/mol. The zero-order valence-electron chi connectivity index (χ0n) is 35.0. The van der Waals surface area contributed by atoms with Crippen LogP contribution < -0.4 is 4.89 Å². The summed E-state index contributed by atoms with van der Waals surface area (Å²) in [6.07, 6.45) is 27.8. The van der Waals surface area contributed by atoms with Crippen LogP contribution in [0.4, 0.5) is 0 Å². The summed E-state index contributed by atoms with van der Waals surface area (Å²) in [4.78, 5) is 25.2.